The van der Waals surface area contributed by atoms with Crippen molar-refractivity contribution in [3.8, 4) is 5.75 Å². The monoisotopic (exact) mass is 350 g/mol. The highest BCUT2D eigenvalue weighted by molar-refractivity contribution is 6.09. The standard InChI is InChI=1S/C20H15FN2O3/c21-14-5-3-13(4-6-14)12-23-17-10-15(22)7-8-18(17)26-19(20(23)24)11-16-2-1-9-25-16/h1-11H,12,22H2/b19-11+. The molecule has 1 aromatic heterocycles. The molecule has 0 bridgehead atoms. The van der Waals surface area contributed by atoms with Crippen molar-refractivity contribution < 1.29 is 18.3 Å². The van der Waals surface area contributed by atoms with E-state index in [1.165, 1.54) is 18.4 Å². The first kappa shape index (κ1) is 16.0. The van der Waals surface area contributed by atoms with Gasteiger partial charge in [0, 0.05) is 11.8 Å². The van der Waals surface area contributed by atoms with Crippen molar-refractivity contribution in [2.45, 2.75) is 6.54 Å². The molecule has 6 heteroatoms. The van der Waals surface area contributed by atoms with Crippen LogP contribution in [0.4, 0.5) is 15.8 Å². The molecule has 2 heterocycles. The topological polar surface area (TPSA) is 68.7 Å². The van der Waals surface area contributed by atoms with Crippen molar-refractivity contribution in [1.29, 1.82) is 0 Å². The maximum absolute atomic E-state index is 13.2. The number of nitrogens with zero attached hydrogens (tertiary/aromatic N) is 1. The molecular formula is C20H15FN2O3. The van der Waals surface area contributed by atoms with E-state index in [0.717, 1.165) is 5.56 Å². The summed E-state index contributed by atoms with van der Waals surface area (Å²) < 4.78 is 24.2. The van der Waals surface area contributed by atoms with Crippen LogP contribution in [0.25, 0.3) is 6.08 Å². The third kappa shape index (κ3) is 3.04. The first-order chi connectivity index (χ1) is 12.6. The summed E-state index contributed by atoms with van der Waals surface area (Å²) in [5.74, 6) is 0.501. The molecule has 0 aliphatic carbocycles. The number of amides is 1. The Morgan fingerprint density at radius 1 is 1.12 bits per heavy atom. The van der Waals surface area contributed by atoms with Crippen LogP contribution in [0.15, 0.2) is 71.0 Å². The van der Waals surface area contributed by atoms with Crippen LogP contribution in [0.3, 0.4) is 0 Å². The summed E-state index contributed by atoms with van der Waals surface area (Å²) in [6, 6.07) is 14.6. The molecule has 130 valence electrons. The normalized spacial score (nSPS) is 15.0. The number of hydrogen-bond donors (Lipinski definition) is 1. The van der Waals surface area contributed by atoms with Gasteiger partial charge in [-0.25, -0.2) is 4.39 Å². The molecule has 2 N–H and O–H groups in total. The van der Waals surface area contributed by atoms with Crippen molar-refractivity contribution in [2.75, 3.05) is 10.6 Å². The fraction of sp³-hybridized carbons (Fsp3) is 0.0500. The van der Waals surface area contributed by atoms with Gasteiger partial charge in [0.05, 0.1) is 18.5 Å². The maximum Gasteiger partial charge on any atom is 0.294 e. The van der Waals surface area contributed by atoms with Crippen molar-refractivity contribution in [2.24, 2.45) is 0 Å². The van der Waals surface area contributed by atoms with Gasteiger partial charge in [0.2, 0.25) is 0 Å². The molecule has 2 aromatic carbocycles. The number of anilines is 2. The van der Waals surface area contributed by atoms with Crippen LogP contribution >= 0.6 is 0 Å². The fourth-order valence-corrected chi connectivity index (χ4v) is 2.76. The molecule has 5 nitrogen and oxygen atoms in total. The van der Waals surface area contributed by atoms with Gasteiger partial charge in [-0.1, -0.05) is 12.1 Å². The van der Waals surface area contributed by atoms with Crippen LogP contribution < -0.4 is 15.4 Å². The summed E-state index contributed by atoms with van der Waals surface area (Å²) >= 11 is 0. The fourth-order valence-electron chi connectivity index (χ4n) is 2.76. The van der Waals surface area contributed by atoms with E-state index in [0.29, 0.717) is 22.9 Å². The molecule has 26 heavy (non-hydrogen) atoms. The Morgan fingerprint density at radius 3 is 2.65 bits per heavy atom. The van der Waals surface area contributed by atoms with E-state index in [2.05, 4.69) is 0 Å². The molecule has 0 fully saturated rings. The average molecular weight is 350 g/mol. The second kappa shape index (κ2) is 6.40. The SMILES string of the molecule is Nc1ccc2c(c1)N(Cc1ccc(F)cc1)C(=O)/C(=C\c1ccco1)O2. The summed E-state index contributed by atoms with van der Waals surface area (Å²) in [4.78, 5) is 14.5. The minimum absolute atomic E-state index is 0.138. The van der Waals surface area contributed by atoms with Crippen molar-refractivity contribution >= 4 is 23.4 Å². The number of nitrogen functional groups attached to an aromatic ring is 1. The molecular weight excluding hydrogens is 335 g/mol. The van der Waals surface area contributed by atoms with Crippen LogP contribution in [0.2, 0.25) is 0 Å². The van der Waals surface area contributed by atoms with Gasteiger partial charge in [-0.05, 0) is 48.0 Å². The van der Waals surface area contributed by atoms with Crippen LogP contribution in [-0.4, -0.2) is 5.91 Å². The van der Waals surface area contributed by atoms with Gasteiger partial charge in [-0.2, -0.15) is 0 Å². The summed E-state index contributed by atoms with van der Waals surface area (Å²) in [6.07, 6.45) is 3.06. The number of fused-ring (bicyclic) bond motifs is 1. The Morgan fingerprint density at radius 2 is 1.92 bits per heavy atom. The van der Waals surface area contributed by atoms with E-state index in [4.69, 9.17) is 14.9 Å². The number of halogens is 1. The van der Waals surface area contributed by atoms with Gasteiger partial charge in [0.1, 0.15) is 11.6 Å². The molecule has 0 spiro atoms. The number of hydrogen-bond acceptors (Lipinski definition) is 4. The Labute approximate surface area is 149 Å². The molecule has 0 atom stereocenters. The third-order valence-corrected chi connectivity index (χ3v) is 4.02. The highest BCUT2D eigenvalue weighted by Crippen LogP contribution is 2.38. The minimum Gasteiger partial charge on any atom is -0.465 e. The Bertz CT molecular complexity index is 979. The molecule has 1 aliphatic rings. The number of ether oxygens (including phenoxy) is 1. The van der Waals surface area contributed by atoms with E-state index in [-0.39, 0.29) is 24.0 Å². The number of rotatable bonds is 3. The van der Waals surface area contributed by atoms with Crippen LogP contribution in [0, 0.1) is 5.82 Å². The highest BCUT2D eigenvalue weighted by Gasteiger charge is 2.31. The Hall–Kier alpha value is -3.54. The second-order valence-electron chi connectivity index (χ2n) is 5.87. The lowest BCUT2D eigenvalue weighted by molar-refractivity contribution is -0.117. The summed E-state index contributed by atoms with van der Waals surface area (Å²) in [5.41, 5.74) is 7.74. The Balaban J connectivity index is 1.75. The van der Waals surface area contributed by atoms with Crippen molar-refractivity contribution in [1.82, 2.24) is 0 Å². The first-order valence-corrected chi connectivity index (χ1v) is 7.99. The summed E-state index contributed by atoms with van der Waals surface area (Å²) in [6.45, 7) is 0.258. The second-order valence-corrected chi connectivity index (χ2v) is 5.87. The van der Waals surface area contributed by atoms with E-state index in [1.807, 2.05) is 0 Å². The average Bonchev–Trinajstić information content (AvgIpc) is 3.14. The molecule has 1 aliphatic heterocycles. The number of furan rings is 1. The molecule has 0 saturated carbocycles. The van der Waals surface area contributed by atoms with Gasteiger partial charge in [0.15, 0.2) is 11.5 Å². The number of carbonyl (C=O) groups is 1. The predicted molar refractivity (Wildman–Crippen MR) is 95.8 cm³/mol. The zero-order chi connectivity index (χ0) is 18.1. The number of nitrogens with two attached hydrogens (primary N) is 1. The van der Waals surface area contributed by atoms with E-state index < -0.39 is 0 Å². The summed E-state index contributed by atoms with van der Waals surface area (Å²) in [7, 11) is 0. The van der Waals surface area contributed by atoms with Crippen LogP contribution in [0.1, 0.15) is 11.3 Å². The van der Waals surface area contributed by atoms with Gasteiger partial charge >= 0.3 is 0 Å². The molecule has 0 unspecified atom stereocenters. The minimum atomic E-state index is -0.330. The summed E-state index contributed by atoms with van der Waals surface area (Å²) in [5, 5.41) is 0. The molecule has 0 radical (unpaired) electrons. The predicted octanol–water partition coefficient (Wildman–Crippen LogP) is 3.97. The smallest absolute Gasteiger partial charge is 0.294 e. The van der Waals surface area contributed by atoms with Gasteiger partial charge in [0.25, 0.3) is 5.91 Å². The molecule has 0 saturated heterocycles. The highest BCUT2D eigenvalue weighted by atomic mass is 19.1. The van der Waals surface area contributed by atoms with E-state index in [1.54, 1.807) is 53.4 Å². The lowest BCUT2D eigenvalue weighted by atomic mass is 10.1. The largest absolute Gasteiger partial charge is 0.465 e. The van der Waals surface area contributed by atoms with E-state index in [9.17, 15) is 9.18 Å². The number of benzene rings is 2. The van der Waals surface area contributed by atoms with Gasteiger partial charge < -0.3 is 14.9 Å². The van der Waals surface area contributed by atoms with Crippen molar-refractivity contribution in [3.05, 3.63) is 83.8 Å². The van der Waals surface area contributed by atoms with Crippen molar-refractivity contribution in [3.63, 3.8) is 0 Å². The maximum atomic E-state index is 13.2. The van der Waals surface area contributed by atoms with Crippen LogP contribution in [0.5, 0.6) is 5.75 Å². The Kier molecular flexibility index (Phi) is 3.93. The zero-order valence-electron chi connectivity index (χ0n) is 13.7. The molecule has 3 aromatic rings. The quantitative estimate of drug-likeness (QED) is 0.573. The first-order valence-electron chi connectivity index (χ1n) is 7.99. The van der Waals surface area contributed by atoms with Gasteiger partial charge in [-0.15, -0.1) is 0 Å². The van der Waals surface area contributed by atoms with E-state index >= 15 is 0 Å². The molecule has 4 rings (SSSR count). The lowest BCUT2D eigenvalue weighted by Crippen LogP contribution is -2.36. The third-order valence-electron chi connectivity index (χ3n) is 4.02. The molecule has 1 amide bonds. The zero-order valence-corrected chi connectivity index (χ0v) is 13.7. The van der Waals surface area contributed by atoms with Gasteiger partial charge in [-0.3, -0.25) is 9.69 Å². The lowest BCUT2D eigenvalue weighted by Gasteiger charge is -2.30. The number of carbonyl (C=O) groups excluding carboxylic acids is 1. The van der Waals surface area contributed by atoms with Crippen LogP contribution in [-0.2, 0) is 11.3 Å².